The lowest BCUT2D eigenvalue weighted by Crippen LogP contribution is -2.32. The van der Waals surface area contributed by atoms with Gasteiger partial charge in [-0.05, 0) is 17.0 Å². The standard InChI is InChI=1S/C18H23NO3/c1-18(2,3)16(13-8-6-5-7-9-13)19-12-14-10-11-22-15(14)17(20)21-4/h5-11,16,19H,12H2,1-4H3. The first-order chi connectivity index (χ1) is 10.4. The number of methoxy groups -OCH3 is 1. The topological polar surface area (TPSA) is 51.5 Å². The number of carbonyl (C=O) groups is 1. The molecule has 1 unspecified atom stereocenters. The van der Waals surface area contributed by atoms with Crippen molar-refractivity contribution in [3.8, 4) is 0 Å². The molecule has 0 aliphatic rings. The molecule has 22 heavy (non-hydrogen) atoms. The molecular weight excluding hydrogens is 278 g/mol. The second-order valence-corrected chi connectivity index (χ2v) is 6.36. The molecule has 0 bridgehead atoms. The molecule has 118 valence electrons. The maximum Gasteiger partial charge on any atom is 0.374 e. The number of ether oxygens (including phenoxy) is 1. The number of hydrogen-bond donors (Lipinski definition) is 1. The summed E-state index contributed by atoms with van der Waals surface area (Å²) in [5.41, 5.74) is 2.06. The molecule has 0 fully saturated rings. The summed E-state index contributed by atoms with van der Waals surface area (Å²) in [6, 6.07) is 12.3. The molecule has 1 N–H and O–H groups in total. The number of nitrogens with one attached hydrogen (secondary N) is 1. The molecule has 0 radical (unpaired) electrons. The molecule has 2 rings (SSSR count). The van der Waals surface area contributed by atoms with Gasteiger partial charge in [-0.3, -0.25) is 0 Å². The van der Waals surface area contributed by atoms with Gasteiger partial charge in [0.05, 0.1) is 13.4 Å². The smallest absolute Gasteiger partial charge is 0.374 e. The minimum atomic E-state index is -0.450. The lowest BCUT2D eigenvalue weighted by atomic mass is 9.82. The Balaban J connectivity index is 2.17. The number of benzene rings is 1. The normalized spacial score (nSPS) is 12.9. The monoisotopic (exact) mass is 301 g/mol. The third-order valence-electron chi connectivity index (χ3n) is 3.61. The Morgan fingerprint density at radius 1 is 1.23 bits per heavy atom. The van der Waals surface area contributed by atoms with Crippen molar-refractivity contribution in [2.75, 3.05) is 7.11 Å². The lowest BCUT2D eigenvalue weighted by molar-refractivity contribution is 0.0563. The first-order valence-electron chi connectivity index (χ1n) is 7.36. The van der Waals surface area contributed by atoms with Gasteiger partial charge in [-0.2, -0.15) is 0 Å². The summed E-state index contributed by atoms with van der Waals surface area (Å²) in [5, 5.41) is 3.53. The second kappa shape index (κ2) is 6.79. The van der Waals surface area contributed by atoms with E-state index >= 15 is 0 Å². The molecule has 0 aliphatic carbocycles. The summed E-state index contributed by atoms with van der Waals surface area (Å²) in [5.74, 6) is -0.190. The van der Waals surface area contributed by atoms with E-state index in [1.807, 2.05) is 18.2 Å². The van der Waals surface area contributed by atoms with Crippen molar-refractivity contribution in [2.24, 2.45) is 5.41 Å². The summed E-state index contributed by atoms with van der Waals surface area (Å²) in [4.78, 5) is 11.7. The number of rotatable bonds is 5. The van der Waals surface area contributed by atoms with Crippen LogP contribution in [0.4, 0.5) is 0 Å². The van der Waals surface area contributed by atoms with Gasteiger partial charge in [0.1, 0.15) is 0 Å². The quantitative estimate of drug-likeness (QED) is 0.850. The van der Waals surface area contributed by atoms with Crippen LogP contribution in [-0.4, -0.2) is 13.1 Å². The third-order valence-corrected chi connectivity index (χ3v) is 3.61. The highest BCUT2D eigenvalue weighted by Gasteiger charge is 2.26. The molecule has 1 aromatic heterocycles. The Hall–Kier alpha value is -2.07. The summed E-state index contributed by atoms with van der Waals surface area (Å²) in [7, 11) is 1.35. The number of carbonyl (C=O) groups excluding carboxylic acids is 1. The Morgan fingerprint density at radius 3 is 2.50 bits per heavy atom. The predicted octanol–water partition coefficient (Wildman–Crippen LogP) is 3.94. The summed E-state index contributed by atoms with van der Waals surface area (Å²) in [6.07, 6.45) is 1.51. The van der Waals surface area contributed by atoms with Gasteiger partial charge in [0.2, 0.25) is 5.76 Å². The van der Waals surface area contributed by atoms with Crippen molar-refractivity contribution >= 4 is 5.97 Å². The number of furan rings is 1. The molecule has 0 saturated heterocycles. The Morgan fingerprint density at radius 2 is 1.91 bits per heavy atom. The molecule has 1 aromatic carbocycles. The van der Waals surface area contributed by atoms with Crippen LogP contribution < -0.4 is 5.32 Å². The SMILES string of the molecule is COC(=O)c1occc1CNC(c1ccccc1)C(C)(C)C. The Kier molecular flexibility index (Phi) is 5.03. The molecule has 4 nitrogen and oxygen atoms in total. The lowest BCUT2D eigenvalue weighted by Gasteiger charge is -2.32. The van der Waals surface area contributed by atoms with Crippen LogP contribution in [0.1, 0.15) is 48.5 Å². The Bertz CT molecular complexity index is 611. The predicted molar refractivity (Wildman–Crippen MR) is 85.5 cm³/mol. The van der Waals surface area contributed by atoms with Gasteiger partial charge in [-0.1, -0.05) is 51.1 Å². The van der Waals surface area contributed by atoms with E-state index in [-0.39, 0.29) is 17.2 Å². The van der Waals surface area contributed by atoms with Crippen LogP contribution in [0.2, 0.25) is 0 Å². The van der Waals surface area contributed by atoms with Crippen molar-refractivity contribution in [1.29, 1.82) is 0 Å². The van der Waals surface area contributed by atoms with Gasteiger partial charge in [-0.15, -0.1) is 0 Å². The molecule has 0 saturated carbocycles. The zero-order valence-electron chi connectivity index (χ0n) is 13.6. The van der Waals surface area contributed by atoms with Crippen LogP contribution >= 0.6 is 0 Å². The van der Waals surface area contributed by atoms with Crippen LogP contribution in [0.3, 0.4) is 0 Å². The minimum Gasteiger partial charge on any atom is -0.463 e. The first-order valence-corrected chi connectivity index (χ1v) is 7.36. The maximum absolute atomic E-state index is 11.7. The van der Waals surface area contributed by atoms with Crippen LogP contribution in [0.25, 0.3) is 0 Å². The van der Waals surface area contributed by atoms with E-state index in [9.17, 15) is 4.79 Å². The van der Waals surface area contributed by atoms with Crippen LogP contribution in [-0.2, 0) is 11.3 Å². The molecule has 0 spiro atoms. The first kappa shape index (κ1) is 16.3. The Labute approximate surface area is 131 Å². The summed E-state index contributed by atoms with van der Waals surface area (Å²) >= 11 is 0. The molecule has 0 aliphatic heterocycles. The van der Waals surface area contributed by atoms with E-state index in [1.54, 1.807) is 6.07 Å². The second-order valence-electron chi connectivity index (χ2n) is 6.36. The zero-order valence-corrected chi connectivity index (χ0v) is 13.6. The van der Waals surface area contributed by atoms with E-state index in [4.69, 9.17) is 9.15 Å². The third kappa shape index (κ3) is 3.77. The van der Waals surface area contributed by atoms with Crippen LogP contribution in [0, 0.1) is 5.41 Å². The highest BCUT2D eigenvalue weighted by molar-refractivity contribution is 5.87. The summed E-state index contributed by atoms with van der Waals surface area (Å²) in [6.45, 7) is 7.11. The van der Waals surface area contributed by atoms with Crippen molar-refractivity contribution < 1.29 is 13.9 Å². The minimum absolute atomic E-state index is 0.0382. The fourth-order valence-electron chi connectivity index (χ4n) is 2.53. The molecule has 2 aromatic rings. The fraction of sp³-hybridized carbons (Fsp3) is 0.389. The van der Waals surface area contributed by atoms with Gasteiger partial charge in [-0.25, -0.2) is 4.79 Å². The highest BCUT2D eigenvalue weighted by atomic mass is 16.5. The molecule has 1 heterocycles. The number of esters is 1. The van der Waals surface area contributed by atoms with Gasteiger partial charge in [0, 0.05) is 18.2 Å². The van der Waals surface area contributed by atoms with Gasteiger partial charge >= 0.3 is 5.97 Å². The molecular formula is C18H23NO3. The van der Waals surface area contributed by atoms with Crippen molar-refractivity contribution in [1.82, 2.24) is 5.32 Å². The maximum atomic E-state index is 11.7. The summed E-state index contributed by atoms with van der Waals surface area (Å²) < 4.78 is 9.96. The average molecular weight is 301 g/mol. The molecule has 1 atom stereocenters. The molecule has 4 heteroatoms. The van der Waals surface area contributed by atoms with E-state index in [1.165, 1.54) is 18.9 Å². The van der Waals surface area contributed by atoms with E-state index in [0.29, 0.717) is 6.54 Å². The number of hydrogen-bond acceptors (Lipinski definition) is 4. The van der Waals surface area contributed by atoms with Crippen molar-refractivity contribution in [2.45, 2.75) is 33.4 Å². The highest BCUT2D eigenvalue weighted by Crippen LogP contribution is 2.33. The van der Waals surface area contributed by atoms with Gasteiger partial charge < -0.3 is 14.5 Å². The van der Waals surface area contributed by atoms with E-state index in [0.717, 1.165) is 5.56 Å². The average Bonchev–Trinajstić information content (AvgIpc) is 2.95. The van der Waals surface area contributed by atoms with Gasteiger partial charge in [0.15, 0.2) is 0 Å². The fourth-order valence-corrected chi connectivity index (χ4v) is 2.53. The van der Waals surface area contributed by atoms with E-state index < -0.39 is 5.97 Å². The van der Waals surface area contributed by atoms with E-state index in [2.05, 4.69) is 38.2 Å². The molecule has 0 amide bonds. The van der Waals surface area contributed by atoms with Gasteiger partial charge in [0.25, 0.3) is 0 Å². The van der Waals surface area contributed by atoms with Crippen molar-refractivity contribution in [3.05, 3.63) is 59.5 Å². The van der Waals surface area contributed by atoms with Crippen LogP contribution in [0.5, 0.6) is 0 Å². The van der Waals surface area contributed by atoms with Crippen LogP contribution in [0.15, 0.2) is 47.1 Å². The van der Waals surface area contributed by atoms with Crippen molar-refractivity contribution in [3.63, 3.8) is 0 Å². The largest absolute Gasteiger partial charge is 0.463 e. The zero-order chi connectivity index (χ0) is 16.2.